The quantitative estimate of drug-likeness (QED) is 0.242. The molecule has 4 heteroatoms. The first kappa shape index (κ1) is 24.1. The van der Waals surface area contributed by atoms with E-state index in [-0.39, 0.29) is 11.9 Å². The molecule has 1 fully saturated rings. The summed E-state index contributed by atoms with van der Waals surface area (Å²) in [6.07, 6.45) is 2.67. The fourth-order valence-electron chi connectivity index (χ4n) is 4.89. The second kappa shape index (κ2) is 11.0. The number of likely N-dealkylation sites (tertiary alicyclic amines) is 1. The smallest absolute Gasteiger partial charge is 0.194 e. The highest BCUT2D eigenvalue weighted by Crippen LogP contribution is 2.33. The topological polar surface area (TPSA) is 38.8 Å². The minimum Gasteiger partial charge on any atom is -0.492 e. The molecule has 0 unspecified atom stereocenters. The van der Waals surface area contributed by atoms with Crippen LogP contribution in [-0.2, 0) is 0 Å². The average Bonchev–Trinajstić information content (AvgIpc) is 3.42. The van der Waals surface area contributed by atoms with Crippen LogP contribution in [0.2, 0.25) is 0 Å². The molecular weight excluding hydrogens is 446 g/mol. The Labute approximate surface area is 213 Å². The van der Waals surface area contributed by atoms with E-state index in [9.17, 15) is 4.79 Å². The van der Waals surface area contributed by atoms with E-state index < -0.39 is 0 Å². The zero-order chi connectivity index (χ0) is 24.9. The van der Waals surface area contributed by atoms with Crippen LogP contribution in [0.4, 0.5) is 0 Å². The molecule has 4 aromatic rings. The van der Waals surface area contributed by atoms with Crippen LogP contribution in [0.1, 0.15) is 42.6 Å². The Kier molecular flexibility index (Phi) is 7.33. The SMILES string of the molecule is CC(C)Oc1ccc(-c2ccc3ccccc3c2C(=O)c2ccc(OCCN3CCCC3)cc2)cc1. The Bertz CT molecular complexity index is 1320. The lowest BCUT2D eigenvalue weighted by Crippen LogP contribution is -2.25. The van der Waals surface area contributed by atoms with Crippen molar-refractivity contribution in [3.63, 3.8) is 0 Å². The number of ketones is 1. The second-order valence-corrected chi connectivity index (χ2v) is 9.65. The van der Waals surface area contributed by atoms with Gasteiger partial charge in [-0.15, -0.1) is 0 Å². The van der Waals surface area contributed by atoms with Crippen LogP contribution in [0.15, 0.2) is 84.9 Å². The first-order valence-corrected chi connectivity index (χ1v) is 12.9. The molecular formula is C32H33NO3. The van der Waals surface area contributed by atoms with Gasteiger partial charge >= 0.3 is 0 Å². The Morgan fingerprint density at radius 1 is 0.833 bits per heavy atom. The standard InChI is InChI=1S/C32H33NO3/c1-23(2)36-28-16-9-25(10-17-28)30-18-13-24-7-3-4-8-29(24)31(30)32(34)26-11-14-27(15-12-26)35-22-21-33-19-5-6-20-33/h3-4,7-18,23H,5-6,19-22H2,1-2H3. The van der Waals surface area contributed by atoms with E-state index in [1.165, 1.54) is 12.8 Å². The van der Waals surface area contributed by atoms with Crippen LogP contribution in [-0.4, -0.2) is 43.0 Å². The molecule has 4 aromatic carbocycles. The molecule has 1 aliphatic heterocycles. The van der Waals surface area contributed by atoms with E-state index >= 15 is 0 Å². The van der Waals surface area contributed by atoms with Crippen molar-refractivity contribution in [2.45, 2.75) is 32.8 Å². The van der Waals surface area contributed by atoms with Gasteiger partial charge in [-0.2, -0.15) is 0 Å². The molecule has 4 nitrogen and oxygen atoms in total. The Morgan fingerprint density at radius 2 is 1.53 bits per heavy atom. The van der Waals surface area contributed by atoms with E-state index in [1.54, 1.807) is 0 Å². The van der Waals surface area contributed by atoms with Gasteiger partial charge in [-0.05, 0) is 98.1 Å². The lowest BCUT2D eigenvalue weighted by molar-refractivity contribution is 0.104. The number of benzene rings is 4. The zero-order valence-electron chi connectivity index (χ0n) is 21.1. The first-order chi connectivity index (χ1) is 17.6. The van der Waals surface area contributed by atoms with Crippen LogP contribution in [0, 0.1) is 0 Å². The van der Waals surface area contributed by atoms with Crippen molar-refractivity contribution in [1.82, 2.24) is 4.90 Å². The summed E-state index contributed by atoms with van der Waals surface area (Å²) < 4.78 is 11.8. The van der Waals surface area contributed by atoms with Crippen molar-refractivity contribution >= 4 is 16.6 Å². The summed E-state index contributed by atoms with van der Waals surface area (Å²) in [6, 6.07) is 27.7. The van der Waals surface area contributed by atoms with Crippen LogP contribution < -0.4 is 9.47 Å². The second-order valence-electron chi connectivity index (χ2n) is 9.65. The van der Waals surface area contributed by atoms with Gasteiger partial charge in [-0.3, -0.25) is 9.69 Å². The zero-order valence-corrected chi connectivity index (χ0v) is 21.1. The van der Waals surface area contributed by atoms with Gasteiger partial charge in [0.15, 0.2) is 5.78 Å². The van der Waals surface area contributed by atoms with Crippen molar-refractivity contribution < 1.29 is 14.3 Å². The van der Waals surface area contributed by atoms with Crippen LogP contribution in [0.25, 0.3) is 21.9 Å². The third-order valence-corrected chi connectivity index (χ3v) is 6.68. The highest BCUT2D eigenvalue weighted by Gasteiger charge is 2.19. The number of rotatable bonds is 9. The normalized spacial score (nSPS) is 13.9. The summed E-state index contributed by atoms with van der Waals surface area (Å²) in [5.74, 6) is 1.63. The number of fused-ring (bicyclic) bond motifs is 1. The molecule has 1 heterocycles. The molecule has 0 aliphatic carbocycles. The lowest BCUT2D eigenvalue weighted by Gasteiger charge is -2.16. The highest BCUT2D eigenvalue weighted by atomic mass is 16.5. The molecule has 5 rings (SSSR count). The summed E-state index contributed by atoms with van der Waals surface area (Å²) in [7, 11) is 0. The van der Waals surface area contributed by atoms with E-state index in [1.807, 2.05) is 92.7 Å². The minimum atomic E-state index is 0.00734. The molecule has 184 valence electrons. The summed E-state index contributed by atoms with van der Waals surface area (Å²) in [5, 5.41) is 2.00. The van der Waals surface area contributed by atoms with E-state index in [4.69, 9.17) is 9.47 Å². The summed E-state index contributed by atoms with van der Waals surface area (Å²) in [5.41, 5.74) is 3.27. The van der Waals surface area contributed by atoms with Crippen molar-refractivity contribution in [3.05, 3.63) is 96.1 Å². The van der Waals surface area contributed by atoms with Gasteiger partial charge in [-0.25, -0.2) is 0 Å². The highest BCUT2D eigenvalue weighted by molar-refractivity contribution is 6.20. The summed E-state index contributed by atoms with van der Waals surface area (Å²) in [6.45, 7) is 7.96. The third kappa shape index (κ3) is 5.44. The molecule has 0 N–H and O–H groups in total. The van der Waals surface area contributed by atoms with Crippen molar-refractivity contribution in [2.24, 2.45) is 0 Å². The van der Waals surface area contributed by atoms with Gasteiger partial charge in [0, 0.05) is 17.7 Å². The number of hydrogen-bond donors (Lipinski definition) is 0. The van der Waals surface area contributed by atoms with Crippen molar-refractivity contribution in [3.8, 4) is 22.6 Å². The maximum Gasteiger partial charge on any atom is 0.194 e. The van der Waals surface area contributed by atoms with Gasteiger partial charge in [0.1, 0.15) is 18.1 Å². The molecule has 1 aliphatic rings. The fourth-order valence-corrected chi connectivity index (χ4v) is 4.89. The predicted octanol–water partition coefficient (Wildman–Crippen LogP) is 7.00. The maximum atomic E-state index is 13.9. The largest absolute Gasteiger partial charge is 0.492 e. The number of carbonyl (C=O) groups is 1. The Hall–Kier alpha value is -3.63. The lowest BCUT2D eigenvalue weighted by atomic mass is 9.89. The molecule has 36 heavy (non-hydrogen) atoms. The Morgan fingerprint density at radius 3 is 2.25 bits per heavy atom. The molecule has 0 bridgehead atoms. The summed E-state index contributed by atoms with van der Waals surface area (Å²) >= 11 is 0. The van der Waals surface area contributed by atoms with Gasteiger partial charge in [0.05, 0.1) is 6.10 Å². The van der Waals surface area contributed by atoms with Crippen LogP contribution in [0.5, 0.6) is 11.5 Å². The maximum absolute atomic E-state index is 13.9. The van der Waals surface area contributed by atoms with Gasteiger partial charge in [0.25, 0.3) is 0 Å². The van der Waals surface area contributed by atoms with Gasteiger partial charge in [-0.1, -0.05) is 48.5 Å². The molecule has 0 atom stereocenters. The molecule has 0 aromatic heterocycles. The number of nitrogens with zero attached hydrogens (tertiary/aromatic N) is 1. The van der Waals surface area contributed by atoms with Crippen LogP contribution >= 0.6 is 0 Å². The molecule has 0 amide bonds. The van der Waals surface area contributed by atoms with Crippen LogP contribution in [0.3, 0.4) is 0 Å². The minimum absolute atomic E-state index is 0.00734. The first-order valence-electron chi connectivity index (χ1n) is 12.9. The Balaban J connectivity index is 1.42. The molecule has 0 radical (unpaired) electrons. The number of hydrogen-bond acceptors (Lipinski definition) is 4. The predicted molar refractivity (Wildman–Crippen MR) is 146 cm³/mol. The number of carbonyl (C=O) groups excluding carboxylic acids is 1. The van der Waals surface area contributed by atoms with Crippen molar-refractivity contribution in [1.29, 1.82) is 0 Å². The summed E-state index contributed by atoms with van der Waals surface area (Å²) in [4.78, 5) is 16.3. The molecule has 0 saturated carbocycles. The van der Waals surface area contributed by atoms with E-state index in [0.29, 0.717) is 17.7 Å². The monoisotopic (exact) mass is 479 g/mol. The third-order valence-electron chi connectivity index (χ3n) is 6.68. The van der Waals surface area contributed by atoms with E-state index in [0.717, 1.165) is 53.0 Å². The van der Waals surface area contributed by atoms with Crippen molar-refractivity contribution in [2.75, 3.05) is 26.2 Å². The van der Waals surface area contributed by atoms with Gasteiger partial charge < -0.3 is 9.47 Å². The van der Waals surface area contributed by atoms with Gasteiger partial charge in [0.2, 0.25) is 0 Å². The molecule has 0 spiro atoms. The number of ether oxygens (including phenoxy) is 2. The fraction of sp³-hybridized carbons (Fsp3) is 0.281. The average molecular weight is 480 g/mol. The molecule has 1 saturated heterocycles. The van der Waals surface area contributed by atoms with E-state index in [2.05, 4.69) is 11.0 Å².